The number of aromatic nitrogens is 1. The molecule has 1 aliphatic rings. The summed E-state index contributed by atoms with van der Waals surface area (Å²) in [5, 5.41) is 0. The van der Waals surface area contributed by atoms with E-state index in [1.165, 1.54) is 24.2 Å². The Morgan fingerprint density at radius 2 is 1.62 bits per heavy atom. The minimum atomic E-state index is 0.577. The van der Waals surface area contributed by atoms with Crippen molar-refractivity contribution in [1.29, 1.82) is 0 Å². The molecule has 0 bridgehead atoms. The maximum Gasteiger partial charge on any atom is 0.0345 e. The molecule has 0 spiro atoms. The van der Waals surface area contributed by atoms with E-state index in [9.17, 15) is 0 Å². The van der Waals surface area contributed by atoms with E-state index < -0.39 is 0 Å². The van der Waals surface area contributed by atoms with E-state index in [1.807, 2.05) is 0 Å². The molecule has 1 nitrogen and oxygen atoms in total. The Morgan fingerprint density at radius 3 is 2.00 bits per heavy atom. The second-order valence-electron chi connectivity index (χ2n) is 5.21. The highest BCUT2D eigenvalue weighted by Crippen LogP contribution is 2.48. The largest absolute Gasteiger partial charge is 0.346 e. The first-order valence-electron chi connectivity index (χ1n) is 5.14. The maximum atomic E-state index is 2.49. The lowest BCUT2D eigenvalue weighted by atomic mass is 9.68. The summed E-state index contributed by atoms with van der Waals surface area (Å²) in [4.78, 5) is 0. The molecule has 1 saturated carbocycles. The van der Waals surface area contributed by atoms with Crippen molar-refractivity contribution in [3.05, 3.63) is 23.5 Å². The van der Waals surface area contributed by atoms with Crippen LogP contribution in [0.3, 0.4) is 0 Å². The Balaban J connectivity index is 2.20. The molecule has 0 aromatic carbocycles. The molecule has 0 unspecified atom stereocenters. The molecule has 13 heavy (non-hydrogen) atoms. The van der Waals surface area contributed by atoms with E-state index in [4.69, 9.17) is 0 Å². The number of nitrogens with zero attached hydrogens (tertiary/aromatic N) is 1. The minimum Gasteiger partial charge on any atom is -0.346 e. The van der Waals surface area contributed by atoms with Crippen molar-refractivity contribution < 1.29 is 0 Å². The lowest BCUT2D eigenvalue weighted by molar-refractivity contribution is 0.102. The molecule has 1 aliphatic carbocycles. The fourth-order valence-corrected chi connectivity index (χ4v) is 2.65. The fraction of sp³-hybridized carbons (Fsp3) is 0.667. The average molecular weight is 177 g/mol. The Morgan fingerprint density at radius 1 is 1.15 bits per heavy atom. The quantitative estimate of drug-likeness (QED) is 0.619. The summed E-state index contributed by atoms with van der Waals surface area (Å²) in [5.41, 5.74) is 3.41. The van der Waals surface area contributed by atoms with Crippen LogP contribution in [0.25, 0.3) is 0 Å². The van der Waals surface area contributed by atoms with Crippen LogP contribution in [-0.2, 0) is 0 Å². The van der Waals surface area contributed by atoms with Crippen molar-refractivity contribution in [2.75, 3.05) is 0 Å². The molecule has 1 heteroatoms. The van der Waals surface area contributed by atoms with Gasteiger partial charge in [-0.2, -0.15) is 0 Å². The summed E-state index contributed by atoms with van der Waals surface area (Å²) in [5.74, 6) is 0. The molecule has 1 aromatic heterocycles. The number of hydrogen-bond acceptors (Lipinski definition) is 0. The van der Waals surface area contributed by atoms with Gasteiger partial charge in [-0.05, 0) is 44.2 Å². The monoisotopic (exact) mass is 177 g/mol. The number of aryl methyl sites for hydroxylation is 2. The zero-order valence-corrected chi connectivity index (χ0v) is 9.09. The van der Waals surface area contributed by atoms with Gasteiger partial charge in [0.05, 0.1) is 0 Å². The second-order valence-corrected chi connectivity index (χ2v) is 5.21. The minimum absolute atomic E-state index is 0.577. The molecule has 1 aromatic rings. The van der Waals surface area contributed by atoms with Gasteiger partial charge in [0, 0.05) is 17.4 Å². The van der Waals surface area contributed by atoms with Crippen LogP contribution in [0.4, 0.5) is 0 Å². The van der Waals surface area contributed by atoms with Gasteiger partial charge in [0.1, 0.15) is 0 Å². The van der Waals surface area contributed by atoms with Crippen molar-refractivity contribution in [3.8, 4) is 0 Å². The van der Waals surface area contributed by atoms with Gasteiger partial charge in [-0.1, -0.05) is 13.8 Å². The number of hydrogen-bond donors (Lipinski definition) is 0. The maximum absolute atomic E-state index is 2.49. The Labute approximate surface area is 80.8 Å². The lowest BCUT2D eigenvalue weighted by Crippen LogP contribution is -2.34. The van der Waals surface area contributed by atoms with Crippen LogP contribution in [-0.4, -0.2) is 4.57 Å². The summed E-state index contributed by atoms with van der Waals surface area (Å²) >= 11 is 0. The topological polar surface area (TPSA) is 4.93 Å². The first-order chi connectivity index (χ1) is 5.99. The fourth-order valence-electron chi connectivity index (χ4n) is 2.65. The van der Waals surface area contributed by atoms with E-state index in [-0.39, 0.29) is 0 Å². The third-order valence-corrected chi connectivity index (χ3v) is 3.27. The molecule has 72 valence electrons. The summed E-state index contributed by atoms with van der Waals surface area (Å²) in [7, 11) is 0. The molecule has 2 rings (SSSR count). The Bertz CT molecular complexity index is 292. The van der Waals surface area contributed by atoms with Gasteiger partial charge in [0.25, 0.3) is 0 Å². The Hall–Kier alpha value is -0.720. The van der Waals surface area contributed by atoms with Crippen LogP contribution in [0.2, 0.25) is 0 Å². The van der Waals surface area contributed by atoms with Gasteiger partial charge in [-0.3, -0.25) is 0 Å². The zero-order chi connectivity index (χ0) is 9.64. The van der Waals surface area contributed by atoms with Crippen molar-refractivity contribution >= 4 is 0 Å². The van der Waals surface area contributed by atoms with Crippen molar-refractivity contribution in [3.63, 3.8) is 0 Å². The van der Waals surface area contributed by atoms with E-state index in [2.05, 4.69) is 44.4 Å². The average Bonchev–Trinajstić information content (AvgIpc) is 2.26. The zero-order valence-electron chi connectivity index (χ0n) is 9.09. The van der Waals surface area contributed by atoms with Crippen molar-refractivity contribution in [1.82, 2.24) is 4.57 Å². The van der Waals surface area contributed by atoms with E-state index in [0.717, 1.165) is 6.04 Å². The van der Waals surface area contributed by atoms with Crippen molar-refractivity contribution in [2.45, 2.75) is 46.6 Å². The molecule has 0 atom stereocenters. The van der Waals surface area contributed by atoms with Gasteiger partial charge >= 0.3 is 0 Å². The highest BCUT2D eigenvalue weighted by Gasteiger charge is 2.37. The van der Waals surface area contributed by atoms with E-state index >= 15 is 0 Å². The van der Waals surface area contributed by atoms with Gasteiger partial charge < -0.3 is 4.57 Å². The number of rotatable bonds is 1. The first kappa shape index (κ1) is 8.86. The normalized spacial score (nSPS) is 21.5. The second kappa shape index (κ2) is 2.63. The third kappa shape index (κ3) is 1.41. The highest BCUT2D eigenvalue weighted by molar-refractivity contribution is 5.16. The molecule has 1 fully saturated rings. The molecule has 0 radical (unpaired) electrons. The molecule has 0 amide bonds. The molecule has 1 heterocycles. The predicted molar refractivity (Wildman–Crippen MR) is 56.0 cm³/mol. The standard InChI is InChI=1S/C12H19N/c1-9-5-6-10(2)13(9)11-7-12(3,4)8-11/h5-6,11H,7-8H2,1-4H3. The van der Waals surface area contributed by atoms with E-state index in [1.54, 1.807) is 0 Å². The van der Waals surface area contributed by atoms with Gasteiger partial charge in [-0.15, -0.1) is 0 Å². The predicted octanol–water partition coefficient (Wildman–Crippen LogP) is 3.47. The van der Waals surface area contributed by atoms with Gasteiger partial charge in [0.2, 0.25) is 0 Å². The SMILES string of the molecule is Cc1ccc(C)n1C1CC(C)(C)C1. The third-order valence-electron chi connectivity index (χ3n) is 3.27. The molecule has 0 aliphatic heterocycles. The molecule has 0 saturated heterocycles. The molecule has 0 N–H and O–H groups in total. The first-order valence-corrected chi connectivity index (χ1v) is 5.14. The lowest BCUT2D eigenvalue weighted by Gasteiger charge is -2.44. The van der Waals surface area contributed by atoms with Crippen LogP contribution >= 0.6 is 0 Å². The molecular weight excluding hydrogens is 158 g/mol. The molecular formula is C12H19N. The van der Waals surface area contributed by atoms with Crippen LogP contribution < -0.4 is 0 Å². The van der Waals surface area contributed by atoms with Crippen LogP contribution in [0.5, 0.6) is 0 Å². The highest BCUT2D eigenvalue weighted by atomic mass is 15.0. The van der Waals surface area contributed by atoms with Gasteiger partial charge in [-0.25, -0.2) is 0 Å². The van der Waals surface area contributed by atoms with E-state index in [0.29, 0.717) is 5.41 Å². The summed E-state index contributed by atoms with van der Waals surface area (Å²) in [6.07, 6.45) is 2.67. The summed E-state index contributed by atoms with van der Waals surface area (Å²) in [6, 6.07) is 5.21. The van der Waals surface area contributed by atoms with Crippen LogP contribution in [0.1, 0.15) is 44.1 Å². The van der Waals surface area contributed by atoms with Crippen molar-refractivity contribution in [2.24, 2.45) is 5.41 Å². The summed E-state index contributed by atoms with van der Waals surface area (Å²) in [6.45, 7) is 9.13. The van der Waals surface area contributed by atoms with Gasteiger partial charge in [0.15, 0.2) is 0 Å². The Kier molecular flexibility index (Phi) is 1.79. The summed E-state index contributed by atoms with van der Waals surface area (Å²) < 4.78 is 2.49. The smallest absolute Gasteiger partial charge is 0.0345 e. The van der Waals surface area contributed by atoms with Crippen LogP contribution in [0, 0.1) is 19.3 Å². The van der Waals surface area contributed by atoms with Crippen LogP contribution in [0.15, 0.2) is 12.1 Å².